The van der Waals surface area contributed by atoms with Crippen LogP contribution < -0.4 is 0 Å². The minimum absolute atomic E-state index is 0.291. The van der Waals surface area contributed by atoms with Crippen molar-refractivity contribution in [3.63, 3.8) is 0 Å². The summed E-state index contributed by atoms with van der Waals surface area (Å²) >= 11 is 0. The van der Waals surface area contributed by atoms with Gasteiger partial charge in [0.1, 0.15) is 5.82 Å². The van der Waals surface area contributed by atoms with Crippen molar-refractivity contribution in [2.24, 2.45) is 0 Å². The number of aryl methyl sites for hydroxylation is 2. The first-order chi connectivity index (χ1) is 10.8. The van der Waals surface area contributed by atoms with Crippen LogP contribution in [0.15, 0.2) is 53.4 Å². The van der Waals surface area contributed by atoms with E-state index in [2.05, 4.69) is 10.1 Å². The van der Waals surface area contributed by atoms with Gasteiger partial charge in [-0.15, -0.1) is 0 Å². The summed E-state index contributed by atoms with van der Waals surface area (Å²) in [6.45, 7) is 3.86. The summed E-state index contributed by atoms with van der Waals surface area (Å²) in [6.07, 6.45) is 1.20. The second kappa shape index (κ2) is 5.62. The highest BCUT2D eigenvalue weighted by Crippen LogP contribution is 2.23. The lowest BCUT2D eigenvalue weighted by atomic mass is 10.2. The first-order valence-electron chi connectivity index (χ1n) is 7.16. The molecule has 0 bridgehead atoms. The molecule has 3 aromatic rings. The van der Waals surface area contributed by atoms with Gasteiger partial charge >= 0.3 is 0 Å². The molecule has 0 atom stereocenters. The minimum atomic E-state index is -3.21. The van der Waals surface area contributed by atoms with Gasteiger partial charge in [0.2, 0.25) is 0 Å². The largest absolute Gasteiger partial charge is 0.224 e. The maximum atomic E-state index is 11.6. The Balaban J connectivity index is 2.09. The van der Waals surface area contributed by atoms with Gasteiger partial charge in [-0.1, -0.05) is 17.7 Å². The van der Waals surface area contributed by atoms with E-state index in [0.717, 1.165) is 11.3 Å². The number of benzene rings is 2. The Hall–Kier alpha value is -2.47. The third kappa shape index (κ3) is 3.17. The standard InChI is InChI=1S/C17H17N3O2S/c1-12-4-8-15(9-5-12)20-17(18-13(2)19-20)14-6-10-16(11-7-14)23(3,21)22/h4-11H,1-3H3. The van der Waals surface area contributed by atoms with Crippen molar-refractivity contribution in [2.45, 2.75) is 18.7 Å². The number of rotatable bonds is 3. The Kier molecular flexibility index (Phi) is 3.77. The van der Waals surface area contributed by atoms with Crippen molar-refractivity contribution >= 4 is 9.84 Å². The smallest absolute Gasteiger partial charge is 0.175 e. The molecular weight excluding hydrogens is 310 g/mol. The van der Waals surface area contributed by atoms with Crippen molar-refractivity contribution in [3.05, 3.63) is 59.9 Å². The van der Waals surface area contributed by atoms with Gasteiger partial charge < -0.3 is 0 Å². The maximum absolute atomic E-state index is 11.6. The molecule has 1 aromatic heterocycles. The topological polar surface area (TPSA) is 64.8 Å². The average molecular weight is 327 g/mol. The third-order valence-corrected chi connectivity index (χ3v) is 4.66. The summed E-state index contributed by atoms with van der Waals surface area (Å²) < 4.78 is 24.9. The molecule has 5 nitrogen and oxygen atoms in total. The highest BCUT2D eigenvalue weighted by atomic mass is 32.2. The molecule has 0 fully saturated rings. The Labute approximate surface area is 135 Å². The van der Waals surface area contributed by atoms with Crippen LogP contribution in [-0.2, 0) is 9.84 Å². The van der Waals surface area contributed by atoms with Gasteiger partial charge in [-0.2, -0.15) is 5.10 Å². The minimum Gasteiger partial charge on any atom is -0.224 e. The van der Waals surface area contributed by atoms with Gasteiger partial charge in [-0.3, -0.25) is 0 Å². The average Bonchev–Trinajstić information content (AvgIpc) is 2.89. The van der Waals surface area contributed by atoms with Crippen LogP contribution in [0, 0.1) is 13.8 Å². The van der Waals surface area contributed by atoms with Crippen LogP contribution in [0.1, 0.15) is 11.4 Å². The predicted molar refractivity (Wildman–Crippen MR) is 89.4 cm³/mol. The van der Waals surface area contributed by atoms with Crippen LogP contribution in [0.2, 0.25) is 0 Å². The molecule has 0 spiro atoms. The van der Waals surface area contributed by atoms with Crippen LogP contribution in [0.5, 0.6) is 0 Å². The molecule has 3 rings (SSSR count). The summed E-state index contributed by atoms with van der Waals surface area (Å²) in [5.41, 5.74) is 2.90. The van der Waals surface area contributed by atoms with Gasteiger partial charge in [-0.25, -0.2) is 18.1 Å². The summed E-state index contributed by atoms with van der Waals surface area (Å²) in [6, 6.07) is 14.7. The maximum Gasteiger partial charge on any atom is 0.175 e. The third-order valence-electron chi connectivity index (χ3n) is 3.53. The van der Waals surface area contributed by atoms with E-state index in [4.69, 9.17) is 0 Å². The van der Waals surface area contributed by atoms with Gasteiger partial charge in [-0.05, 0) is 50.2 Å². The normalized spacial score (nSPS) is 11.6. The molecule has 1 heterocycles. The van der Waals surface area contributed by atoms with Crippen molar-refractivity contribution in [3.8, 4) is 17.1 Å². The molecule has 0 saturated heterocycles. The molecule has 0 aliphatic carbocycles. The molecule has 0 amide bonds. The Bertz CT molecular complexity index is 941. The van der Waals surface area contributed by atoms with E-state index in [0.29, 0.717) is 16.5 Å². The molecule has 0 radical (unpaired) electrons. The number of aromatic nitrogens is 3. The highest BCUT2D eigenvalue weighted by Gasteiger charge is 2.13. The van der Waals surface area contributed by atoms with Crippen molar-refractivity contribution < 1.29 is 8.42 Å². The summed E-state index contributed by atoms with van der Waals surface area (Å²) in [5, 5.41) is 4.45. The fourth-order valence-electron chi connectivity index (χ4n) is 2.32. The highest BCUT2D eigenvalue weighted by molar-refractivity contribution is 7.90. The second-order valence-corrected chi connectivity index (χ2v) is 7.54. The first kappa shape index (κ1) is 15.4. The van der Waals surface area contributed by atoms with E-state index < -0.39 is 9.84 Å². The lowest BCUT2D eigenvalue weighted by molar-refractivity contribution is 0.602. The van der Waals surface area contributed by atoms with E-state index in [1.807, 2.05) is 38.1 Å². The van der Waals surface area contributed by atoms with Crippen LogP contribution in [0.25, 0.3) is 17.1 Å². The van der Waals surface area contributed by atoms with Crippen molar-refractivity contribution in [2.75, 3.05) is 6.26 Å². The number of hydrogen-bond acceptors (Lipinski definition) is 4. The number of hydrogen-bond donors (Lipinski definition) is 0. The number of nitrogens with zero attached hydrogens (tertiary/aromatic N) is 3. The van der Waals surface area contributed by atoms with Crippen LogP contribution >= 0.6 is 0 Å². The molecule has 2 aromatic carbocycles. The molecule has 0 aliphatic rings. The van der Waals surface area contributed by atoms with Crippen LogP contribution in [0.3, 0.4) is 0 Å². The van der Waals surface area contributed by atoms with Gasteiger partial charge in [0.25, 0.3) is 0 Å². The SMILES string of the molecule is Cc1ccc(-n2nc(C)nc2-c2ccc(S(C)(=O)=O)cc2)cc1. The molecule has 0 saturated carbocycles. The number of sulfone groups is 1. The summed E-state index contributed by atoms with van der Waals surface area (Å²) in [4.78, 5) is 4.77. The Morgan fingerprint density at radius 2 is 1.52 bits per heavy atom. The summed E-state index contributed by atoms with van der Waals surface area (Å²) in [7, 11) is -3.21. The van der Waals surface area contributed by atoms with Crippen LogP contribution in [-0.4, -0.2) is 29.4 Å². The van der Waals surface area contributed by atoms with E-state index in [9.17, 15) is 8.42 Å². The van der Waals surface area contributed by atoms with Gasteiger partial charge in [0.15, 0.2) is 15.7 Å². The van der Waals surface area contributed by atoms with Crippen LogP contribution in [0.4, 0.5) is 0 Å². The van der Waals surface area contributed by atoms with E-state index in [-0.39, 0.29) is 0 Å². The quantitative estimate of drug-likeness (QED) is 0.742. The fourth-order valence-corrected chi connectivity index (χ4v) is 2.95. The zero-order valence-electron chi connectivity index (χ0n) is 13.2. The Morgan fingerprint density at radius 3 is 2.09 bits per heavy atom. The molecule has 0 unspecified atom stereocenters. The first-order valence-corrected chi connectivity index (χ1v) is 9.05. The molecule has 6 heteroatoms. The summed E-state index contributed by atoms with van der Waals surface area (Å²) in [5.74, 6) is 1.35. The molecular formula is C17H17N3O2S. The molecule has 23 heavy (non-hydrogen) atoms. The Morgan fingerprint density at radius 1 is 0.913 bits per heavy atom. The zero-order valence-corrected chi connectivity index (χ0v) is 14.0. The molecule has 0 N–H and O–H groups in total. The van der Waals surface area contributed by atoms with Crippen molar-refractivity contribution in [1.82, 2.24) is 14.8 Å². The van der Waals surface area contributed by atoms with E-state index in [1.165, 1.54) is 11.8 Å². The van der Waals surface area contributed by atoms with E-state index >= 15 is 0 Å². The van der Waals surface area contributed by atoms with Gasteiger partial charge in [0.05, 0.1) is 10.6 Å². The zero-order chi connectivity index (χ0) is 16.6. The monoisotopic (exact) mass is 327 g/mol. The van der Waals surface area contributed by atoms with Gasteiger partial charge in [0, 0.05) is 11.8 Å². The molecule has 118 valence electrons. The fraction of sp³-hybridized carbons (Fsp3) is 0.176. The lowest BCUT2D eigenvalue weighted by Crippen LogP contribution is -2.00. The lowest BCUT2D eigenvalue weighted by Gasteiger charge is -2.07. The second-order valence-electron chi connectivity index (χ2n) is 5.53. The van der Waals surface area contributed by atoms with E-state index in [1.54, 1.807) is 28.9 Å². The predicted octanol–water partition coefficient (Wildman–Crippen LogP) is 2.95. The molecule has 0 aliphatic heterocycles. The van der Waals surface area contributed by atoms with Crippen molar-refractivity contribution in [1.29, 1.82) is 0 Å².